The third kappa shape index (κ3) is 3.08. The molecule has 2 rings (SSSR count). The fraction of sp³-hybridized carbons (Fsp3) is 0.438. The molecule has 0 radical (unpaired) electrons. The van der Waals surface area contributed by atoms with Gasteiger partial charge in [0.1, 0.15) is 6.10 Å². The third-order valence-electron chi connectivity index (χ3n) is 3.46. The molecule has 1 N–H and O–H groups in total. The maximum atomic E-state index is 6.00. The van der Waals surface area contributed by atoms with E-state index in [0.717, 1.165) is 12.2 Å². The minimum Gasteiger partial charge on any atom is -0.372 e. The Morgan fingerprint density at radius 2 is 1.95 bits per heavy atom. The van der Waals surface area contributed by atoms with Crippen LogP contribution in [-0.2, 0) is 11.3 Å². The van der Waals surface area contributed by atoms with Gasteiger partial charge < -0.3 is 10.1 Å². The van der Waals surface area contributed by atoms with Gasteiger partial charge in [0.2, 0.25) is 0 Å². The summed E-state index contributed by atoms with van der Waals surface area (Å²) in [5, 5.41) is 7.74. The molecule has 0 aliphatic carbocycles. The second kappa shape index (κ2) is 7.22. The Hall–Kier alpha value is -1.65. The van der Waals surface area contributed by atoms with E-state index >= 15 is 0 Å². The molecule has 0 amide bonds. The molecule has 1 aromatic carbocycles. The summed E-state index contributed by atoms with van der Waals surface area (Å²) >= 11 is 0. The van der Waals surface area contributed by atoms with Gasteiger partial charge >= 0.3 is 0 Å². The molecule has 4 nitrogen and oxygen atoms in total. The van der Waals surface area contributed by atoms with Gasteiger partial charge in [0.15, 0.2) is 0 Å². The van der Waals surface area contributed by atoms with Crippen LogP contribution in [0.4, 0.5) is 0 Å². The highest BCUT2D eigenvalue weighted by Crippen LogP contribution is 2.31. The number of likely N-dealkylation sites (N-methyl/N-ethyl adjacent to an activating group) is 1. The predicted octanol–water partition coefficient (Wildman–Crippen LogP) is 2.94. The number of rotatable bonds is 7. The summed E-state index contributed by atoms with van der Waals surface area (Å²) in [6, 6.07) is 12.5. The summed E-state index contributed by atoms with van der Waals surface area (Å²) < 4.78 is 8.01. The molecule has 0 fully saturated rings. The van der Waals surface area contributed by atoms with Crippen LogP contribution in [0.2, 0.25) is 0 Å². The quantitative estimate of drug-likeness (QED) is 0.843. The Balaban J connectivity index is 2.35. The van der Waals surface area contributed by atoms with Crippen LogP contribution in [0.15, 0.2) is 42.6 Å². The summed E-state index contributed by atoms with van der Waals surface area (Å²) in [5.41, 5.74) is 2.33. The molecular weight excluding hydrogens is 250 g/mol. The number of benzene rings is 1. The van der Waals surface area contributed by atoms with Crippen molar-refractivity contribution in [2.45, 2.75) is 32.5 Å². The van der Waals surface area contributed by atoms with Gasteiger partial charge in [-0.05, 0) is 32.5 Å². The normalized spacial score (nSPS) is 14.2. The largest absolute Gasteiger partial charge is 0.372 e. The van der Waals surface area contributed by atoms with Crippen LogP contribution in [0.1, 0.15) is 37.3 Å². The maximum absolute atomic E-state index is 6.00. The first-order valence-corrected chi connectivity index (χ1v) is 7.17. The number of aromatic nitrogens is 2. The smallest absolute Gasteiger partial charge is 0.103 e. The molecule has 0 spiro atoms. The van der Waals surface area contributed by atoms with Gasteiger partial charge in [-0.25, -0.2) is 0 Å². The minimum absolute atomic E-state index is 0.0202. The van der Waals surface area contributed by atoms with Crippen LogP contribution in [0.25, 0.3) is 0 Å². The summed E-state index contributed by atoms with van der Waals surface area (Å²) in [4.78, 5) is 0. The molecule has 2 aromatic rings. The van der Waals surface area contributed by atoms with Gasteiger partial charge in [-0.15, -0.1) is 0 Å². The Kier molecular flexibility index (Phi) is 5.32. The first kappa shape index (κ1) is 14.8. The van der Waals surface area contributed by atoms with E-state index in [9.17, 15) is 0 Å². The molecule has 2 unspecified atom stereocenters. The SMILES string of the molecule is CCOC(c1ccccc1)C(NC)c1ccnn1CC. The number of hydrogen-bond donors (Lipinski definition) is 1. The van der Waals surface area contributed by atoms with Gasteiger partial charge in [0, 0.05) is 19.3 Å². The Morgan fingerprint density at radius 3 is 2.55 bits per heavy atom. The molecule has 0 aliphatic heterocycles. The fourth-order valence-corrected chi connectivity index (χ4v) is 2.53. The summed E-state index contributed by atoms with van der Waals surface area (Å²) in [6.45, 7) is 5.66. The van der Waals surface area contributed by atoms with Crippen LogP contribution in [-0.4, -0.2) is 23.4 Å². The monoisotopic (exact) mass is 273 g/mol. The Bertz CT molecular complexity index is 509. The average Bonchev–Trinajstić information content (AvgIpc) is 2.96. The number of aryl methyl sites for hydroxylation is 1. The summed E-state index contributed by atoms with van der Waals surface area (Å²) in [6.07, 6.45) is 1.82. The number of ether oxygens (including phenoxy) is 1. The standard InChI is InChI=1S/C16H23N3O/c1-4-19-14(11-12-18-19)15(17-3)16(20-5-2)13-9-7-6-8-10-13/h6-12,15-17H,4-5H2,1-3H3. The fourth-order valence-electron chi connectivity index (χ4n) is 2.53. The van der Waals surface area contributed by atoms with Gasteiger partial charge in [-0.1, -0.05) is 30.3 Å². The Labute approximate surface area is 120 Å². The van der Waals surface area contributed by atoms with Gasteiger partial charge in [-0.3, -0.25) is 4.68 Å². The second-order valence-corrected chi connectivity index (χ2v) is 4.62. The minimum atomic E-state index is -0.0202. The van der Waals surface area contributed by atoms with Crippen molar-refractivity contribution >= 4 is 0 Å². The third-order valence-corrected chi connectivity index (χ3v) is 3.46. The zero-order chi connectivity index (χ0) is 14.4. The highest BCUT2D eigenvalue weighted by atomic mass is 16.5. The van der Waals surface area contributed by atoms with Gasteiger partial charge in [-0.2, -0.15) is 5.10 Å². The zero-order valence-electron chi connectivity index (χ0n) is 12.4. The summed E-state index contributed by atoms with van der Waals surface area (Å²) in [5.74, 6) is 0. The van der Waals surface area contributed by atoms with Crippen molar-refractivity contribution in [3.63, 3.8) is 0 Å². The number of nitrogens with one attached hydrogen (secondary N) is 1. The van der Waals surface area contributed by atoms with E-state index in [0.29, 0.717) is 6.61 Å². The van der Waals surface area contributed by atoms with Gasteiger partial charge in [0.05, 0.1) is 11.7 Å². The molecule has 1 heterocycles. The van der Waals surface area contributed by atoms with Gasteiger partial charge in [0.25, 0.3) is 0 Å². The highest BCUT2D eigenvalue weighted by molar-refractivity contribution is 5.22. The predicted molar refractivity (Wildman–Crippen MR) is 80.5 cm³/mol. The molecule has 0 saturated heterocycles. The molecule has 0 bridgehead atoms. The zero-order valence-corrected chi connectivity index (χ0v) is 12.4. The molecular formula is C16H23N3O. The van der Waals surface area contributed by atoms with Crippen molar-refractivity contribution in [3.05, 3.63) is 53.9 Å². The molecule has 0 aliphatic rings. The lowest BCUT2D eigenvalue weighted by atomic mass is 9.99. The van der Waals surface area contributed by atoms with Crippen LogP contribution < -0.4 is 5.32 Å². The first-order chi connectivity index (χ1) is 9.81. The maximum Gasteiger partial charge on any atom is 0.103 e. The van der Waals surface area contributed by atoms with Crippen molar-refractivity contribution < 1.29 is 4.74 Å². The molecule has 20 heavy (non-hydrogen) atoms. The van der Waals surface area contributed by atoms with Crippen molar-refractivity contribution in [1.29, 1.82) is 0 Å². The van der Waals surface area contributed by atoms with Crippen molar-refractivity contribution in [2.24, 2.45) is 0 Å². The molecule has 108 valence electrons. The van der Waals surface area contributed by atoms with E-state index in [1.165, 1.54) is 5.56 Å². The van der Waals surface area contributed by atoms with E-state index < -0.39 is 0 Å². The number of hydrogen-bond acceptors (Lipinski definition) is 3. The van der Waals surface area contributed by atoms with E-state index in [2.05, 4.69) is 35.5 Å². The van der Waals surface area contributed by atoms with E-state index in [4.69, 9.17) is 4.74 Å². The van der Waals surface area contributed by atoms with Crippen LogP contribution in [0.5, 0.6) is 0 Å². The number of nitrogens with zero attached hydrogens (tertiary/aromatic N) is 2. The molecule has 4 heteroatoms. The average molecular weight is 273 g/mol. The lowest BCUT2D eigenvalue weighted by Crippen LogP contribution is -2.28. The van der Waals surface area contributed by atoms with Crippen LogP contribution in [0.3, 0.4) is 0 Å². The van der Waals surface area contributed by atoms with Crippen molar-refractivity contribution in [1.82, 2.24) is 15.1 Å². The van der Waals surface area contributed by atoms with Crippen molar-refractivity contribution in [2.75, 3.05) is 13.7 Å². The van der Waals surface area contributed by atoms with Crippen molar-refractivity contribution in [3.8, 4) is 0 Å². The van der Waals surface area contributed by atoms with E-state index in [1.54, 1.807) is 0 Å². The van der Waals surface area contributed by atoms with Crippen LogP contribution in [0, 0.1) is 0 Å². The lowest BCUT2D eigenvalue weighted by Gasteiger charge is -2.27. The Morgan fingerprint density at radius 1 is 1.20 bits per heavy atom. The van der Waals surface area contributed by atoms with E-state index in [-0.39, 0.29) is 12.1 Å². The molecule has 0 saturated carbocycles. The second-order valence-electron chi connectivity index (χ2n) is 4.62. The summed E-state index contributed by atoms with van der Waals surface area (Å²) in [7, 11) is 1.96. The van der Waals surface area contributed by atoms with Crippen LogP contribution >= 0.6 is 0 Å². The lowest BCUT2D eigenvalue weighted by molar-refractivity contribution is 0.0324. The molecule has 2 atom stereocenters. The molecule has 1 aromatic heterocycles. The first-order valence-electron chi connectivity index (χ1n) is 7.17. The highest BCUT2D eigenvalue weighted by Gasteiger charge is 2.26. The van der Waals surface area contributed by atoms with E-state index in [1.807, 2.05) is 43.0 Å². The topological polar surface area (TPSA) is 39.1 Å².